The molecule has 0 radical (unpaired) electrons. The van der Waals surface area contributed by atoms with Gasteiger partial charge >= 0.3 is 0 Å². The second kappa shape index (κ2) is 7.69. The Kier molecular flexibility index (Phi) is 5.11. The van der Waals surface area contributed by atoms with Gasteiger partial charge in [0, 0.05) is 56.6 Å². The van der Waals surface area contributed by atoms with E-state index in [1.807, 2.05) is 19.1 Å². The van der Waals surface area contributed by atoms with Gasteiger partial charge in [0.15, 0.2) is 11.4 Å². The lowest BCUT2D eigenvalue weighted by molar-refractivity contribution is 0.120. The molecule has 0 saturated carbocycles. The van der Waals surface area contributed by atoms with Gasteiger partial charge in [0.2, 0.25) is 0 Å². The summed E-state index contributed by atoms with van der Waals surface area (Å²) in [4.78, 5) is 21.4. The van der Waals surface area contributed by atoms with Gasteiger partial charge in [-0.3, -0.25) is 19.0 Å². The van der Waals surface area contributed by atoms with E-state index in [4.69, 9.17) is 0 Å². The molecule has 6 nitrogen and oxygen atoms in total. The number of nitrogens with zero attached hydrogens (tertiary/aromatic N) is 4. The number of fused-ring (bicyclic) bond motifs is 1. The Morgan fingerprint density at radius 1 is 1.04 bits per heavy atom. The summed E-state index contributed by atoms with van der Waals surface area (Å²) in [5.41, 5.74) is 2.20. The Balaban J connectivity index is 1.43. The zero-order chi connectivity index (χ0) is 19.7. The number of benzene rings is 1. The van der Waals surface area contributed by atoms with E-state index < -0.39 is 0 Å². The van der Waals surface area contributed by atoms with Gasteiger partial charge in [0.25, 0.3) is 5.56 Å². The standard InChI is InChI=1S/C21H23FN4O2/c1-15-6-7-19(27)21-23-17(12-20(28)26(15)21)14-25-10-8-24(9-11-25)13-16-4-2-3-5-18(16)22/h2-7,12,27H,8-11,13-14H2,1H3. The third kappa shape index (κ3) is 3.76. The quantitative estimate of drug-likeness (QED) is 0.749. The van der Waals surface area contributed by atoms with Gasteiger partial charge < -0.3 is 5.11 Å². The Morgan fingerprint density at radius 2 is 1.71 bits per heavy atom. The topological polar surface area (TPSA) is 61.1 Å². The first kappa shape index (κ1) is 18.6. The number of rotatable bonds is 4. The Labute approximate surface area is 162 Å². The van der Waals surface area contributed by atoms with Crippen LogP contribution in [0, 0.1) is 12.7 Å². The van der Waals surface area contributed by atoms with Crippen molar-refractivity contribution in [1.29, 1.82) is 0 Å². The zero-order valence-corrected chi connectivity index (χ0v) is 15.8. The summed E-state index contributed by atoms with van der Waals surface area (Å²) >= 11 is 0. The lowest BCUT2D eigenvalue weighted by Gasteiger charge is -2.34. The van der Waals surface area contributed by atoms with E-state index in [1.54, 1.807) is 18.2 Å². The van der Waals surface area contributed by atoms with Crippen molar-refractivity contribution in [2.45, 2.75) is 20.0 Å². The Hall–Kier alpha value is -2.77. The molecule has 146 valence electrons. The van der Waals surface area contributed by atoms with E-state index >= 15 is 0 Å². The van der Waals surface area contributed by atoms with Crippen LogP contribution in [-0.4, -0.2) is 50.5 Å². The Bertz CT molecular complexity index is 1060. The van der Waals surface area contributed by atoms with Crippen LogP contribution < -0.4 is 5.56 Å². The van der Waals surface area contributed by atoms with E-state index in [1.165, 1.54) is 16.5 Å². The van der Waals surface area contributed by atoms with E-state index in [2.05, 4.69) is 14.8 Å². The van der Waals surface area contributed by atoms with Crippen LogP contribution in [0.4, 0.5) is 4.39 Å². The molecule has 0 spiro atoms. The van der Waals surface area contributed by atoms with Crippen molar-refractivity contribution in [3.05, 3.63) is 75.6 Å². The van der Waals surface area contributed by atoms with Crippen LogP contribution in [0.5, 0.6) is 5.75 Å². The smallest absolute Gasteiger partial charge is 0.258 e. The maximum atomic E-state index is 13.8. The summed E-state index contributed by atoms with van der Waals surface area (Å²) in [5, 5.41) is 10.1. The lowest BCUT2D eigenvalue weighted by atomic mass is 10.2. The van der Waals surface area contributed by atoms with E-state index in [0.29, 0.717) is 30.0 Å². The maximum absolute atomic E-state index is 13.8. The zero-order valence-electron chi connectivity index (χ0n) is 15.8. The largest absolute Gasteiger partial charge is 0.504 e. The van der Waals surface area contributed by atoms with E-state index in [9.17, 15) is 14.3 Å². The molecular weight excluding hydrogens is 359 g/mol. The van der Waals surface area contributed by atoms with Crippen molar-refractivity contribution in [2.24, 2.45) is 0 Å². The van der Waals surface area contributed by atoms with Crippen molar-refractivity contribution in [3.8, 4) is 5.75 Å². The highest BCUT2D eigenvalue weighted by atomic mass is 19.1. The monoisotopic (exact) mass is 382 g/mol. The predicted octanol–water partition coefficient (Wildman–Crippen LogP) is 2.17. The third-order valence-corrected chi connectivity index (χ3v) is 5.24. The first-order chi connectivity index (χ1) is 13.5. The lowest BCUT2D eigenvalue weighted by Crippen LogP contribution is -2.45. The number of hydrogen-bond donors (Lipinski definition) is 1. The number of aryl methyl sites for hydroxylation is 1. The number of aromatic nitrogens is 2. The molecule has 7 heteroatoms. The predicted molar refractivity (Wildman–Crippen MR) is 105 cm³/mol. The van der Waals surface area contributed by atoms with Crippen LogP contribution in [-0.2, 0) is 13.1 Å². The van der Waals surface area contributed by atoms with Gasteiger partial charge in [0.05, 0.1) is 5.69 Å². The first-order valence-electron chi connectivity index (χ1n) is 9.40. The molecule has 2 aromatic heterocycles. The fourth-order valence-corrected chi connectivity index (χ4v) is 3.67. The highest BCUT2D eigenvalue weighted by molar-refractivity contribution is 5.53. The molecule has 1 fully saturated rings. The molecule has 4 rings (SSSR count). The maximum Gasteiger partial charge on any atom is 0.258 e. The molecule has 0 atom stereocenters. The summed E-state index contributed by atoms with van der Waals surface area (Å²) in [5.74, 6) is -0.167. The van der Waals surface area contributed by atoms with Gasteiger partial charge in [-0.1, -0.05) is 18.2 Å². The van der Waals surface area contributed by atoms with E-state index in [-0.39, 0.29) is 17.1 Å². The van der Waals surface area contributed by atoms with Crippen LogP contribution in [0.2, 0.25) is 0 Å². The van der Waals surface area contributed by atoms with Crippen molar-refractivity contribution in [1.82, 2.24) is 19.2 Å². The highest BCUT2D eigenvalue weighted by Crippen LogP contribution is 2.17. The minimum absolute atomic E-state index is 0.000688. The molecule has 1 aromatic carbocycles. The molecule has 1 N–H and O–H groups in total. The van der Waals surface area contributed by atoms with E-state index in [0.717, 1.165) is 31.9 Å². The molecule has 0 amide bonds. The highest BCUT2D eigenvalue weighted by Gasteiger charge is 2.19. The second-order valence-electron chi connectivity index (χ2n) is 7.25. The van der Waals surface area contributed by atoms with Crippen molar-refractivity contribution in [3.63, 3.8) is 0 Å². The summed E-state index contributed by atoms with van der Waals surface area (Å²) < 4.78 is 15.3. The second-order valence-corrected chi connectivity index (χ2v) is 7.25. The number of halogens is 1. The SMILES string of the molecule is Cc1ccc(O)c2nc(CN3CCN(Cc4ccccc4F)CC3)cc(=O)n12. The van der Waals surface area contributed by atoms with Gasteiger partial charge in [-0.05, 0) is 25.1 Å². The van der Waals surface area contributed by atoms with Crippen LogP contribution in [0.3, 0.4) is 0 Å². The fourth-order valence-electron chi connectivity index (χ4n) is 3.67. The molecule has 3 aromatic rings. The molecular formula is C21H23FN4O2. The van der Waals surface area contributed by atoms with Crippen molar-refractivity contribution < 1.29 is 9.50 Å². The molecule has 3 heterocycles. The van der Waals surface area contributed by atoms with Gasteiger partial charge in [-0.2, -0.15) is 0 Å². The van der Waals surface area contributed by atoms with Crippen molar-refractivity contribution in [2.75, 3.05) is 26.2 Å². The van der Waals surface area contributed by atoms with Gasteiger partial charge in [-0.15, -0.1) is 0 Å². The molecule has 0 bridgehead atoms. The van der Waals surface area contributed by atoms with Crippen molar-refractivity contribution >= 4 is 5.65 Å². The molecule has 0 unspecified atom stereocenters. The summed E-state index contributed by atoms with van der Waals surface area (Å²) in [7, 11) is 0. The van der Waals surface area contributed by atoms with Crippen LogP contribution in [0.25, 0.3) is 5.65 Å². The molecule has 1 aliphatic heterocycles. The Morgan fingerprint density at radius 3 is 2.43 bits per heavy atom. The number of aromatic hydroxyl groups is 1. The number of piperazine rings is 1. The van der Waals surface area contributed by atoms with Crippen LogP contribution in [0.15, 0.2) is 47.3 Å². The number of hydrogen-bond acceptors (Lipinski definition) is 5. The fraction of sp³-hybridized carbons (Fsp3) is 0.333. The molecule has 0 aliphatic carbocycles. The average Bonchev–Trinajstić information content (AvgIpc) is 2.68. The summed E-state index contributed by atoms with van der Waals surface area (Å²) in [6.45, 7) is 6.24. The average molecular weight is 382 g/mol. The molecule has 1 saturated heterocycles. The molecule has 28 heavy (non-hydrogen) atoms. The minimum atomic E-state index is -0.188. The van der Waals surface area contributed by atoms with Crippen LogP contribution >= 0.6 is 0 Å². The minimum Gasteiger partial charge on any atom is -0.504 e. The normalized spacial score (nSPS) is 15.9. The third-order valence-electron chi connectivity index (χ3n) is 5.24. The number of pyridine rings is 1. The van der Waals surface area contributed by atoms with Gasteiger partial charge in [0.1, 0.15) is 5.82 Å². The summed E-state index contributed by atoms with van der Waals surface area (Å²) in [6, 6.07) is 11.7. The summed E-state index contributed by atoms with van der Waals surface area (Å²) in [6.07, 6.45) is 0. The van der Waals surface area contributed by atoms with Gasteiger partial charge in [-0.25, -0.2) is 9.37 Å². The molecule has 1 aliphatic rings. The van der Waals surface area contributed by atoms with Crippen LogP contribution in [0.1, 0.15) is 17.0 Å². The first-order valence-corrected chi connectivity index (χ1v) is 9.40.